The number of H-pyrrole nitrogens is 2. The van der Waals surface area contributed by atoms with Crippen LogP contribution in [0.2, 0.25) is 0 Å². The summed E-state index contributed by atoms with van der Waals surface area (Å²) in [5.41, 5.74) is -1.34. The van der Waals surface area contributed by atoms with Gasteiger partial charge in [-0.25, -0.2) is 4.79 Å². The second-order valence-corrected chi connectivity index (χ2v) is 4.63. The summed E-state index contributed by atoms with van der Waals surface area (Å²) in [6.45, 7) is 1.65. The summed E-state index contributed by atoms with van der Waals surface area (Å²) in [7, 11) is 1.37. The predicted octanol–water partition coefficient (Wildman–Crippen LogP) is 0.639. The monoisotopic (exact) mass is 333 g/mol. The summed E-state index contributed by atoms with van der Waals surface area (Å²) >= 11 is 0. The van der Waals surface area contributed by atoms with Crippen LogP contribution >= 0.6 is 0 Å². The Morgan fingerprint density at radius 2 is 1.96 bits per heavy atom. The zero-order valence-electron chi connectivity index (χ0n) is 13.0. The van der Waals surface area contributed by atoms with Crippen LogP contribution in [0.3, 0.4) is 0 Å². The number of esters is 1. The van der Waals surface area contributed by atoms with Crippen molar-refractivity contribution in [1.82, 2.24) is 9.97 Å². The van der Waals surface area contributed by atoms with Crippen molar-refractivity contribution in [3.8, 4) is 11.5 Å². The van der Waals surface area contributed by atoms with Gasteiger partial charge in [-0.05, 0) is 18.2 Å². The topological polar surface area (TPSA) is 130 Å². The van der Waals surface area contributed by atoms with Crippen molar-refractivity contribution in [2.45, 2.75) is 13.3 Å². The maximum Gasteiger partial charge on any atom is 0.325 e. The van der Waals surface area contributed by atoms with E-state index in [0.717, 1.165) is 6.20 Å². The molecule has 1 amide bonds. The number of ether oxygens (including phenoxy) is 2. The number of anilines is 1. The fourth-order valence-electron chi connectivity index (χ4n) is 1.79. The first kappa shape index (κ1) is 17.0. The van der Waals surface area contributed by atoms with Crippen LogP contribution < -0.4 is 26.0 Å². The number of aromatic amines is 2. The average molecular weight is 333 g/mol. The molecule has 3 N–H and O–H groups in total. The fourth-order valence-corrected chi connectivity index (χ4v) is 1.79. The molecule has 0 aliphatic carbocycles. The molecule has 0 saturated carbocycles. The van der Waals surface area contributed by atoms with Gasteiger partial charge in [-0.15, -0.1) is 0 Å². The highest BCUT2D eigenvalue weighted by atomic mass is 16.6. The SMILES string of the molecule is CCC(=O)Oc1ccc(C(=O)Nc2c[nH]c(=O)[nH]c2=O)cc1OC. The number of nitrogens with one attached hydrogen (secondary N) is 3. The molecule has 1 aromatic carbocycles. The molecular formula is C15H15N3O6. The van der Waals surface area contributed by atoms with E-state index in [1.165, 1.54) is 25.3 Å². The third kappa shape index (κ3) is 3.88. The number of benzene rings is 1. The lowest BCUT2D eigenvalue weighted by Gasteiger charge is -2.10. The summed E-state index contributed by atoms with van der Waals surface area (Å²) in [5, 5.41) is 2.36. The zero-order valence-corrected chi connectivity index (χ0v) is 13.0. The number of carbonyl (C=O) groups excluding carboxylic acids is 2. The second-order valence-electron chi connectivity index (χ2n) is 4.63. The van der Waals surface area contributed by atoms with Gasteiger partial charge in [0.2, 0.25) is 0 Å². The van der Waals surface area contributed by atoms with Crippen molar-refractivity contribution < 1.29 is 19.1 Å². The molecule has 24 heavy (non-hydrogen) atoms. The Bertz CT molecular complexity index is 883. The predicted molar refractivity (Wildman–Crippen MR) is 84.6 cm³/mol. The molecule has 0 spiro atoms. The average Bonchev–Trinajstić information content (AvgIpc) is 2.57. The van der Waals surface area contributed by atoms with Gasteiger partial charge in [0.25, 0.3) is 11.5 Å². The molecule has 9 nitrogen and oxygen atoms in total. The van der Waals surface area contributed by atoms with Gasteiger partial charge in [0.05, 0.1) is 7.11 Å². The van der Waals surface area contributed by atoms with Crippen LogP contribution in [0.4, 0.5) is 5.69 Å². The number of amides is 1. The normalized spacial score (nSPS) is 10.1. The molecule has 1 aromatic heterocycles. The van der Waals surface area contributed by atoms with E-state index in [9.17, 15) is 19.2 Å². The molecule has 0 fully saturated rings. The van der Waals surface area contributed by atoms with Gasteiger partial charge >= 0.3 is 11.7 Å². The molecule has 2 aromatic rings. The molecule has 0 atom stereocenters. The van der Waals surface area contributed by atoms with Crippen molar-refractivity contribution in [3.05, 3.63) is 50.8 Å². The maximum absolute atomic E-state index is 12.2. The number of hydrogen-bond donors (Lipinski definition) is 3. The Hall–Kier alpha value is -3.36. The van der Waals surface area contributed by atoms with E-state index >= 15 is 0 Å². The molecule has 9 heteroatoms. The minimum absolute atomic E-state index is 0.111. The van der Waals surface area contributed by atoms with Crippen LogP contribution in [0, 0.1) is 0 Å². The van der Waals surface area contributed by atoms with Crippen LogP contribution in [0.1, 0.15) is 23.7 Å². The first-order chi connectivity index (χ1) is 11.4. The number of methoxy groups -OCH3 is 1. The van der Waals surface area contributed by atoms with Crippen molar-refractivity contribution in [2.75, 3.05) is 12.4 Å². The van der Waals surface area contributed by atoms with Gasteiger partial charge in [-0.2, -0.15) is 0 Å². The lowest BCUT2D eigenvalue weighted by Crippen LogP contribution is -2.26. The number of aromatic nitrogens is 2. The van der Waals surface area contributed by atoms with E-state index in [1.807, 2.05) is 4.98 Å². The first-order valence-corrected chi connectivity index (χ1v) is 6.96. The van der Waals surface area contributed by atoms with E-state index in [4.69, 9.17) is 9.47 Å². The molecule has 0 bridgehead atoms. The molecule has 0 unspecified atom stereocenters. The maximum atomic E-state index is 12.2. The van der Waals surface area contributed by atoms with Crippen molar-refractivity contribution in [2.24, 2.45) is 0 Å². The quantitative estimate of drug-likeness (QED) is 0.544. The van der Waals surface area contributed by atoms with Crippen molar-refractivity contribution in [1.29, 1.82) is 0 Å². The van der Waals surface area contributed by atoms with Gasteiger partial charge in [0.1, 0.15) is 5.69 Å². The summed E-state index contributed by atoms with van der Waals surface area (Å²) in [6.07, 6.45) is 1.29. The molecule has 0 aliphatic heterocycles. The highest BCUT2D eigenvalue weighted by molar-refractivity contribution is 6.04. The molecular weight excluding hydrogens is 318 g/mol. The minimum atomic E-state index is -0.729. The van der Waals surface area contributed by atoms with Crippen LogP contribution in [-0.2, 0) is 4.79 Å². The zero-order chi connectivity index (χ0) is 17.7. The van der Waals surface area contributed by atoms with Gasteiger partial charge in [-0.1, -0.05) is 6.92 Å². The third-order valence-corrected chi connectivity index (χ3v) is 3.01. The Kier molecular flexibility index (Phi) is 5.15. The summed E-state index contributed by atoms with van der Waals surface area (Å²) in [6, 6.07) is 4.20. The molecule has 126 valence electrons. The van der Waals surface area contributed by atoms with Crippen LogP contribution in [0.5, 0.6) is 11.5 Å². The molecule has 0 radical (unpaired) electrons. The van der Waals surface area contributed by atoms with Crippen molar-refractivity contribution >= 4 is 17.6 Å². The fraction of sp³-hybridized carbons (Fsp3) is 0.200. The standard InChI is InChI=1S/C15H15N3O6/c1-3-12(19)24-10-5-4-8(6-11(10)23-2)13(20)17-9-7-16-15(22)18-14(9)21/h4-7H,3H2,1-2H3,(H,17,20)(H2,16,18,21,22). The second kappa shape index (κ2) is 7.27. The lowest BCUT2D eigenvalue weighted by molar-refractivity contribution is -0.134. The Morgan fingerprint density at radius 1 is 1.21 bits per heavy atom. The highest BCUT2D eigenvalue weighted by Crippen LogP contribution is 2.28. The highest BCUT2D eigenvalue weighted by Gasteiger charge is 2.14. The van der Waals surface area contributed by atoms with E-state index < -0.39 is 23.1 Å². The first-order valence-electron chi connectivity index (χ1n) is 6.96. The van der Waals surface area contributed by atoms with Crippen LogP contribution in [-0.4, -0.2) is 29.0 Å². The largest absolute Gasteiger partial charge is 0.493 e. The van der Waals surface area contributed by atoms with Crippen molar-refractivity contribution in [3.63, 3.8) is 0 Å². The molecule has 2 rings (SSSR count). The van der Waals surface area contributed by atoms with Gasteiger partial charge < -0.3 is 19.8 Å². The third-order valence-electron chi connectivity index (χ3n) is 3.01. The minimum Gasteiger partial charge on any atom is -0.493 e. The van der Waals surface area contributed by atoms with Crippen LogP contribution in [0.15, 0.2) is 34.0 Å². The smallest absolute Gasteiger partial charge is 0.325 e. The summed E-state index contributed by atoms with van der Waals surface area (Å²) < 4.78 is 10.2. The Balaban J connectivity index is 2.25. The summed E-state index contributed by atoms with van der Waals surface area (Å²) in [4.78, 5) is 50.3. The summed E-state index contributed by atoms with van der Waals surface area (Å²) in [5.74, 6) is -0.660. The van der Waals surface area contributed by atoms with Gasteiger partial charge in [0.15, 0.2) is 11.5 Å². The van der Waals surface area contributed by atoms with E-state index in [-0.39, 0.29) is 29.2 Å². The lowest BCUT2D eigenvalue weighted by atomic mass is 10.2. The van der Waals surface area contributed by atoms with Crippen LogP contribution in [0.25, 0.3) is 0 Å². The Morgan fingerprint density at radius 3 is 2.58 bits per heavy atom. The molecule has 0 saturated heterocycles. The Labute approximate surface area is 135 Å². The molecule has 0 aliphatic rings. The molecule has 1 heterocycles. The van der Waals surface area contributed by atoms with E-state index in [1.54, 1.807) is 6.92 Å². The number of rotatable bonds is 5. The van der Waals surface area contributed by atoms with Gasteiger partial charge in [-0.3, -0.25) is 19.4 Å². The van der Waals surface area contributed by atoms with E-state index in [0.29, 0.717) is 0 Å². The van der Waals surface area contributed by atoms with E-state index in [2.05, 4.69) is 10.3 Å². The van der Waals surface area contributed by atoms with Gasteiger partial charge in [0, 0.05) is 18.2 Å². The number of hydrogen-bond acceptors (Lipinski definition) is 6. The number of carbonyl (C=O) groups is 2.